The van der Waals surface area contributed by atoms with Crippen molar-refractivity contribution in [3.05, 3.63) is 54.1 Å². The van der Waals surface area contributed by atoms with Crippen LogP contribution in [-0.4, -0.2) is 81.4 Å². The number of hydrogen-bond donors (Lipinski definition) is 0. The number of carbonyl (C=O) groups excluding carboxylic acids is 1. The molecule has 41 heavy (non-hydrogen) atoms. The van der Waals surface area contributed by atoms with Crippen molar-refractivity contribution < 1.29 is 35.9 Å². The summed E-state index contributed by atoms with van der Waals surface area (Å²) in [5, 5.41) is 8.68. The largest absolute Gasteiger partial charge is 0.497 e. The summed E-state index contributed by atoms with van der Waals surface area (Å²) in [7, 11) is -0.779. The number of aromatic nitrogens is 2. The van der Waals surface area contributed by atoms with Crippen molar-refractivity contribution >= 4 is 27.4 Å². The normalized spacial score (nSPS) is 17.9. The second-order valence-electron chi connectivity index (χ2n) is 9.75. The molecular weight excluding hydrogens is 563 g/mol. The molecule has 1 aromatic heterocycles. The van der Waals surface area contributed by atoms with E-state index in [0.717, 1.165) is 5.56 Å². The van der Waals surface area contributed by atoms with Crippen LogP contribution in [0.3, 0.4) is 0 Å². The van der Waals surface area contributed by atoms with Gasteiger partial charge in [0.2, 0.25) is 10.0 Å². The van der Waals surface area contributed by atoms with Crippen LogP contribution < -0.4 is 19.3 Å². The lowest BCUT2D eigenvalue weighted by atomic mass is 10.1. The molecule has 10 nitrogen and oxygen atoms in total. The van der Waals surface area contributed by atoms with Crippen LogP contribution in [0.4, 0.5) is 24.7 Å². The minimum Gasteiger partial charge on any atom is -0.497 e. The summed E-state index contributed by atoms with van der Waals surface area (Å²) in [4.78, 5) is 14.5. The quantitative estimate of drug-likeness (QED) is 0.429. The number of nitrogens with zero attached hydrogens (tertiary/aromatic N) is 5. The highest BCUT2D eigenvalue weighted by Crippen LogP contribution is 2.37. The number of ether oxygens (including phenoxy) is 2. The van der Waals surface area contributed by atoms with E-state index in [4.69, 9.17) is 9.47 Å². The zero-order valence-corrected chi connectivity index (χ0v) is 23.4. The number of halogens is 3. The molecule has 0 radical (unpaired) electrons. The van der Waals surface area contributed by atoms with Gasteiger partial charge in [-0.15, -0.1) is 10.2 Å². The second-order valence-corrected chi connectivity index (χ2v) is 11.7. The molecule has 0 bridgehead atoms. The zero-order valence-electron chi connectivity index (χ0n) is 22.6. The van der Waals surface area contributed by atoms with Gasteiger partial charge >= 0.3 is 12.1 Å². The molecule has 5 rings (SSSR count). The van der Waals surface area contributed by atoms with E-state index in [1.165, 1.54) is 29.4 Å². The number of alkyl halides is 3. The van der Waals surface area contributed by atoms with Gasteiger partial charge in [-0.25, -0.2) is 8.42 Å². The van der Waals surface area contributed by atoms with Gasteiger partial charge in [0, 0.05) is 43.5 Å². The molecular formula is C27H28F3N5O5S. The number of anilines is 2. The van der Waals surface area contributed by atoms with E-state index in [9.17, 15) is 26.4 Å². The third-order valence-electron chi connectivity index (χ3n) is 7.26. The van der Waals surface area contributed by atoms with Crippen LogP contribution in [0.5, 0.6) is 11.5 Å². The van der Waals surface area contributed by atoms with Gasteiger partial charge in [-0.2, -0.15) is 17.5 Å². The van der Waals surface area contributed by atoms with Gasteiger partial charge in [0.1, 0.15) is 11.5 Å². The first-order valence-electron chi connectivity index (χ1n) is 12.8. The summed E-state index contributed by atoms with van der Waals surface area (Å²) in [6, 6.07) is 12.1. The van der Waals surface area contributed by atoms with Crippen LogP contribution in [0.15, 0.2) is 53.4 Å². The van der Waals surface area contributed by atoms with Crippen molar-refractivity contribution in [1.29, 1.82) is 0 Å². The highest BCUT2D eigenvalue weighted by molar-refractivity contribution is 7.89. The van der Waals surface area contributed by atoms with E-state index in [0.29, 0.717) is 46.6 Å². The van der Waals surface area contributed by atoms with Crippen LogP contribution in [0.25, 0.3) is 11.3 Å². The highest BCUT2D eigenvalue weighted by atomic mass is 32.2. The maximum atomic E-state index is 13.4. The highest BCUT2D eigenvalue weighted by Gasteiger charge is 2.47. The summed E-state index contributed by atoms with van der Waals surface area (Å²) in [6.45, 7) is 2.60. The molecule has 1 atom stereocenters. The van der Waals surface area contributed by atoms with E-state index in [1.807, 2.05) is 4.90 Å². The molecule has 1 unspecified atom stereocenters. The van der Waals surface area contributed by atoms with Gasteiger partial charge in [0.15, 0.2) is 5.82 Å². The fraction of sp³-hybridized carbons (Fsp3) is 0.370. The predicted molar refractivity (Wildman–Crippen MR) is 145 cm³/mol. The Kier molecular flexibility index (Phi) is 7.55. The number of methoxy groups -OCH3 is 2. The van der Waals surface area contributed by atoms with Gasteiger partial charge in [-0.3, -0.25) is 4.79 Å². The average Bonchev–Trinajstić information content (AvgIpc) is 3.30. The van der Waals surface area contributed by atoms with E-state index in [-0.39, 0.29) is 30.1 Å². The molecule has 0 N–H and O–H groups in total. The van der Waals surface area contributed by atoms with Crippen molar-refractivity contribution in [3.63, 3.8) is 0 Å². The zero-order chi connectivity index (χ0) is 29.5. The second kappa shape index (κ2) is 10.8. The molecule has 2 aliphatic rings. The van der Waals surface area contributed by atoms with Crippen molar-refractivity contribution in [2.45, 2.75) is 30.5 Å². The number of carbonyl (C=O) groups is 1. The van der Waals surface area contributed by atoms with Gasteiger partial charge in [-0.05, 0) is 67.4 Å². The summed E-state index contributed by atoms with van der Waals surface area (Å²) in [6.07, 6.45) is -4.89. The molecule has 1 amide bonds. The van der Waals surface area contributed by atoms with Crippen LogP contribution in [0.1, 0.15) is 12.5 Å². The SMILES string of the molecule is COc1ccc(OC)c(-c2ccc(N3CCN(S(=O)(=O)c4ccc5c(c4)CC(C)N5C(=O)C(F)(F)F)CC3)nn2)c1. The predicted octanol–water partition coefficient (Wildman–Crippen LogP) is 3.51. The van der Waals surface area contributed by atoms with Crippen LogP contribution in [0.2, 0.25) is 0 Å². The first-order valence-corrected chi connectivity index (χ1v) is 14.2. The molecule has 1 fully saturated rings. The number of rotatable bonds is 6. The molecule has 2 aromatic carbocycles. The van der Waals surface area contributed by atoms with Crippen molar-refractivity contribution in [1.82, 2.24) is 14.5 Å². The monoisotopic (exact) mass is 591 g/mol. The number of benzene rings is 2. The number of sulfonamides is 1. The van der Waals surface area contributed by atoms with Crippen molar-refractivity contribution in [2.75, 3.05) is 50.2 Å². The van der Waals surface area contributed by atoms with Crippen molar-refractivity contribution in [3.8, 4) is 22.8 Å². The van der Waals surface area contributed by atoms with Crippen molar-refractivity contribution in [2.24, 2.45) is 0 Å². The summed E-state index contributed by atoms with van der Waals surface area (Å²) in [5.74, 6) is -0.107. The van der Waals surface area contributed by atoms with Gasteiger partial charge in [0.25, 0.3) is 0 Å². The Morgan fingerprint density at radius 2 is 1.68 bits per heavy atom. The van der Waals surface area contributed by atoms with Gasteiger partial charge in [0.05, 0.1) is 24.8 Å². The fourth-order valence-corrected chi connectivity index (χ4v) is 6.65. The number of fused-ring (bicyclic) bond motifs is 1. The van der Waals surface area contributed by atoms with Crippen LogP contribution in [-0.2, 0) is 21.2 Å². The molecule has 3 aromatic rings. The van der Waals surface area contributed by atoms with Crippen LogP contribution in [0, 0.1) is 0 Å². The lowest BCUT2D eigenvalue weighted by Crippen LogP contribution is -2.49. The van der Waals surface area contributed by atoms with Gasteiger partial charge < -0.3 is 19.3 Å². The Bertz CT molecular complexity index is 1560. The smallest absolute Gasteiger partial charge is 0.471 e. The lowest BCUT2D eigenvalue weighted by Gasteiger charge is -2.34. The van der Waals surface area contributed by atoms with E-state index >= 15 is 0 Å². The molecule has 0 aliphatic carbocycles. The van der Waals surface area contributed by atoms with Gasteiger partial charge in [-0.1, -0.05) is 0 Å². The standard InChI is InChI=1S/C27H28F3N5O5S/c1-17-14-18-15-20(5-7-23(18)35(17)26(36)27(28,29)30)41(37,38)34-12-10-33(11-13-34)25-9-6-22(31-32-25)21-16-19(39-2)4-8-24(21)40-3/h4-9,15-17H,10-14H2,1-3H3. The topological polar surface area (TPSA) is 105 Å². The number of piperazine rings is 1. The summed E-state index contributed by atoms with van der Waals surface area (Å²) >= 11 is 0. The molecule has 2 aliphatic heterocycles. The summed E-state index contributed by atoms with van der Waals surface area (Å²) < 4.78 is 78.1. The third-order valence-corrected chi connectivity index (χ3v) is 9.16. The average molecular weight is 592 g/mol. The molecule has 14 heteroatoms. The third kappa shape index (κ3) is 5.40. The Morgan fingerprint density at radius 1 is 0.951 bits per heavy atom. The fourth-order valence-electron chi connectivity index (χ4n) is 5.17. The minimum atomic E-state index is -5.02. The molecule has 1 saturated heterocycles. The maximum absolute atomic E-state index is 13.4. The molecule has 0 saturated carbocycles. The Labute approximate surface area is 235 Å². The first-order chi connectivity index (χ1) is 19.4. The molecule has 218 valence electrons. The lowest BCUT2D eigenvalue weighted by molar-refractivity contribution is -0.170. The minimum absolute atomic E-state index is 0.0189. The van der Waals surface area contributed by atoms with E-state index in [1.54, 1.807) is 44.6 Å². The number of amides is 1. The van der Waals surface area contributed by atoms with E-state index in [2.05, 4.69) is 10.2 Å². The Balaban J connectivity index is 1.28. The molecule has 3 heterocycles. The van der Waals surface area contributed by atoms with E-state index < -0.39 is 28.1 Å². The first kappa shape index (κ1) is 28.6. The van der Waals surface area contributed by atoms with Crippen LogP contribution >= 0.6 is 0 Å². The maximum Gasteiger partial charge on any atom is 0.471 e. The molecule has 0 spiro atoms. The summed E-state index contributed by atoms with van der Waals surface area (Å²) in [5.41, 5.74) is 1.78. The Hall–Kier alpha value is -3.91. The Morgan fingerprint density at radius 3 is 2.29 bits per heavy atom. The number of hydrogen-bond acceptors (Lipinski definition) is 8.